The van der Waals surface area contributed by atoms with Crippen molar-refractivity contribution in [1.82, 2.24) is 0 Å². The Labute approximate surface area is 111 Å². The highest BCUT2D eigenvalue weighted by molar-refractivity contribution is 7.51. The second kappa shape index (κ2) is 5.99. The summed E-state index contributed by atoms with van der Waals surface area (Å²) in [6.45, 7) is 1.34. The Hall–Kier alpha value is 0.0275. The maximum Gasteiger partial charge on any atom is 0.377 e. The molecule has 3 unspecified atom stereocenters. The quantitative estimate of drug-likeness (QED) is 0.526. The van der Waals surface area contributed by atoms with E-state index in [9.17, 15) is 17.8 Å². The summed E-state index contributed by atoms with van der Waals surface area (Å²) in [6, 6.07) is 0.399. The molecule has 1 aliphatic carbocycles. The van der Waals surface area contributed by atoms with Gasteiger partial charge in [0.15, 0.2) is 0 Å². The topological polar surface area (TPSA) is 80.8 Å². The normalized spacial score (nSPS) is 29.3. The molecule has 0 N–H and O–H groups in total. The lowest BCUT2D eigenvalue weighted by atomic mass is 9.88. The van der Waals surface area contributed by atoms with Crippen molar-refractivity contribution in [3.8, 4) is 0 Å². The molecule has 1 heterocycles. The van der Waals surface area contributed by atoms with E-state index in [1.54, 1.807) is 0 Å². The van der Waals surface area contributed by atoms with E-state index >= 15 is 0 Å². The van der Waals surface area contributed by atoms with Gasteiger partial charge < -0.3 is 22.6 Å². The predicted molar refractivity (Wildman–Crippen MR) is 67.1 cm³/mol. The minimum Gasteiger partial charge on any atom is -0.385 e. The summed E-state index contributed by atoms with van der Waals surface area (Å²) >= 11 is 0. The molecule has 0 spiro atoms. The molecule has 0 aromatic rings. The van der Waals surface area contributed by atoms with Crippen LogP contribution in [0.4, 0.5) is 0 Å². The van der Waals surface area contributed by atoms with Crippen LogP contribution in [0, 0.1) is 5.92 Å². The average molecular weight is 317 g/mol. The lowest BCUT2D eigenvalue weighted by Crippen LogP contribution is -2.36. The largest absolute Gasteiger partial charge is 0.385 e. The van der Waals surface area contributed by atoms with Crippen molar-refractivity contribution in [2.45, 2.75) is 50.5 Å². The van der Waals surface area contributed by atoms with Gasteiger partial charge in [-0.1, -0.05) is 0 Å². The second-order valence-electron chi connectivity index (χ2n) is 5.07. The Morgan fingerprint density at radius 3 is 2.39 bits per heavy atom. The van der Waals surface area contributed by atoms with Crippen molar-refractivity contribution in [3.05, 3.63) is 0 Å². The molecule has 2 fully saturated rings. The molecule has 9 heteroatoms. The van der Waals surface area contributed by atoms with Crippen molar-refractivity contribution in [1.29, 1.82) is 0 Å². The zero-order chi connectivity index (χ0) is 13.3. The molecule has 0 radical (unpaired) electrons. The van der Waals surface area contributed by atoms with Crippen LogP contribution in [-0.2, 0) is 22.6 Å². The summed E-state index contributed by atoms with van der Waals surface area (Å²) in [5.41, 5.74) is 0. The maximum absolute atomic E-state index is 11.8. The number of hydrogen-bond acceptors (Lipinski definition) is 5. The first kappa shape index (κ1) is 14.4. The molecule has 2 rings (SSSR count). The second-order valence-corrected chi connectivity index (χ2v) is 21.1. The van der Waals surface area contributed by atoms with Gasteiger partial charge in [-0.3, -0.25) is 0 Å². The van der Waals surface area contributed by atoms with Crippen molar-refractivity contribution in [2.24, 2.45) is 5.92 Å². The molecule has 1 saturated heterocycles. The molecule has 0 bridgehead atoms. The fourth-order valence-corrected chi connectivity index (χ4v) is 21.6. The van der Waals surface area contributed by atoms with Gasteiger partial charge in [-0.25, -0.2) is 0 Å². The van der Waals surface area contributed by atoms with Gasteiger partial charge in [0.25, 0.3) is 0 Å². The molecule has 0 aromatic carbocycles. The van der Waals surface area contributed by atoms with Crippen LogP contribution in [0.1, 0.15) is 25.7 Å². The average Bonchev–Trinajstić information content (AvgIpc) is 3.12. The summed E-state index contributed by atoms with van der Waals surface area (Å²) < 4.78 is 51.4. The third-order valence-corrected chi connectivity index (χ3v) is 23.4. The van der Waals surface area contributed by atoms with Crippen molar-refractivity contribution in [3.63, 3.8) is 0 Å². The molecule has 1 aliphatic heterocycles. The molecule has 3 atom stereocenters. The van der Waals surface area contributed by atoms with Crippen molar-refractivity contribution < 1.29 is 22.6 Å². The van der Waals surface area contributed by atoms with Gasteiger partial charge >= 0.3 is 31.8 Å². The van der Waals surface area contributed by atoms with Crippen LogP contribution in [-0.4, -0.2) is 44.0 Å². The first-order chi connectivity index (χ1) is 8.49. The first-order valence-electron chi connectivity index (χ1n) is 6.27. The van der Waals surface area contributed by atoms with E-state index in [1.165, 1.54) is 6.55 Å². The minimum atomic E-state index is -2.60. The van der Waals surface area contributed by atoms with Gasteiger partial charge in [0.05, 0.1) is 12.2 Å². The molecule has 2 aliphatic rings. The summed E-state index contributed by atoms with van der Waals surface area (Å²) in [4.78, 5) is 0. The number of epoxide rings is 1. The van der Waals surface area contributed by atoms with Crippen LogP contribution in [0.25, 0.3) is 0 Å². The maximum atomic E-state index is 11.8. The molecule has 0 aromatic heterocycles. The third kappa shape index (κ3) is 3.53. The van der Waals surface area contributed by atoms with Crippen LogP contribution < -0.4 is 0 Å². The zero-order valence-electron chi connectivity index (χ0n) is 10.3. The summed E-state index contributed by atoms with van der Waals surface area (Å²) in [6.07, 6.45) is 4.80. The minimum absolute atomic E-state index is 0.398. The van der Waals surface area contributed by atoms with Gasteiger partial charge in [-0.15, -0.1) is 0 Å². The lowest BCUT2D eigenvalue weighted by Gasteiger charge is -2.17. The molecule has 98 valence electrons. The molecule has 5 nitrogen and oxygen atoms in total. The van der Waals surface area contributed by atoms with Crippen molar-refractivity contribution in [2.75, 3.05) is 0 Å². The highest BCUT2D eigenvalue weighted by atomic mass is 29.8. The molecule has 0 amide bonds. The van der Waals surface area contributed by atoms with Gasteiger partial charge in [-0.05, 0) is 44.2 Å². The van der Waals surface area contributed by atoms with E-state index in [0.717, 1.165) is 25.7 Å². The van der Waals surface area contributed by atoms with Crippen LogP contribution in [0.5, 0.6) is 0 Å². The van der Waals surface area contributed by atoms with Gasteiger partial charge in [0, 0.05) is 0 Å². The molecular formula is C9H16O5Si4. The highest BCUT2D eigenvalue weighted by Gasteiger charge is 2.44. The number of hydrogen-bond donors (Lipinski definition) is 0. The first-order valence-corrected chi connectivity index (χ1v) is 15.6. The fourth-order valence-electron chi connectivity index (χ4n) is 2.48. The third-order valence-electron chi connectivity index (χ3n) is 3.67. The van der Waals surface area contributed by atoms with E-state index < -0.39 is 31.8 Å². The van der Waals surface area contributed by atoms with E-state index in [4.69, 9.17) is 4.74 Å². The molecule has 18 heavy (non-hydrogen) atoms. The number of ether oxygens (including phenoxy) is 1. The Kier molecular flexibility index (Phi) is 4.80. The van der Waals surface area contributed by atoms with Crippen LogP contribution >= 0.6 is 0 Å². The van der Waals surface area contributed by atoms with E-state index in [0.29, 0.717) is 24.2 Å². The summed E-state index contributed by atoms with van der Waals surface area (Å²) in [7, 11) is -9.76. The predicted octanol–water partition coefficient (Wildman–Crippen LogP) is 0.497. The Morgan fingerprint density at radius 1 is 1.06 bits per heavy atom. The van der Waals surface area contributed by atoms with E-state index in [2.05, 4.69) is 0 Å². The van der Waals surface area contributed by atoms with Crippen molar-refractivity contribution >= 4 is 31.8 Å². The lowest BCUT2D eigenvalue weighted by molar-refractivity contribution is 0.356. The summed E-state index contributed by atoms with van der Waals surface area (Å²) in [5, 5.41) is 0. The fraction of sp³-hybridized carbons (Fsp3) is 1.00. The van der Waals surface area contributed by atoms with E-state index in [-0.39, 0.29) is 0 Å². The standard InChI is InChI=1S/C9H16O5Si4/c1-15(10)17(12)18(13)16(11)5-4-7-2-3-8-9(6-7)14-8/h7-9H,2-6H2,1H3. The monoisotopic (exact) mass is 316 g/mol. The van der Waals surface area contributed by atoms with Crippen LogP contribution in [0.3, 0.4) is 0 Å². The Bertz CT molecular complexity index is 423. The Balaban J connectivity index is 1.75. The van der Waals surface area contributed by atoms with Gasteiger partial charge in [0.2, 0.25) is 0 Å². The van der Waals surface area contributed by atoms with Gasteiger partial charge in [0.1, 0.15) is 0 Å². The number of rotatable bonds is 6. The Morgan fingerprint density at radius 2 is 1.78 bits per heavy atom. The van der Waals surface area contributed by atoms with Gasteiger partial charge in [-0.2, -0.15) is 0 Å². The van der Waals surface area contributed by atoms with E-state index in [1.807, 2.05) is 0 Å². The summed E-state index contributed by atoms with van der Waals surface area (Å²) in [5.74, 6) is 0.499. The van der Waals surface area contributed by atoms with Crippen LogP contribution in [0.15, 0.2) is 0 Å². The smallest absolute Gasteiger partial charge is 0.377 e. The highest BCUT2D eigenvalue weighted by Crippen LogP contribution is 2.40. The molecule has 1 saturated carbocycles. The SMILES string of the molecule is C[Si](=O)[Si](=O)[Si](=O)[Si](=O)CCC1CCC2OC2C1. The van der Waals surface area contributed by atoms with Crippen LogP contribution in [0.2, 0.25) is 12.6 Å². The molecular weight excluding hydrogens is 300 g/mol. The number of fused-ring (bicyclic) bond motifs is 1. The zero-order valence-corrected chi connectivity index (χ0v) is 14.3.